The van der Waals surface area contributed by atoms with E-state index in [9.17, 15) is 9.18 Å². The Morgan fingerprint density at radius 1 is 1.44 bits per heavy atom. The molecule has 7 heteroatoms. The molecule has 4 rings (SSSR count). The van der Waals surface area contributed by atoms with Gasteiger partial charge in [0.2, 0.25) is 0 Å². The minimum Gasteiger partial charge on any atom is -0.488 e. The van der Waals surface area contributed by atoms with Gasteiger partial charge in [-0.25, -0.2) is 9.37 Å². The average Bonchev–Trinajstić information content (AvgIpc) is 3.17. The highest BCUT2D eigenvalue weighted by Gasteiger charge is 2.45. The second kappa shape index (κ2) is 7.20. The maximum absolute atomic E-state index is 13.4. The molecule has 2 aliphatic heterocycles. The van der Waals surface area contributed by atoms with Crippen molar-refractivity contribution in [2.45, 2.75) is 44.8 Å². The molecule has 1 aromatic carbocycles. The Morgan fingerprint density at radius 3 is 3.04 bits per heavy atom. The van der Waals surface area contributed by atoms with Crippen LogP contribution in [-0.2, 0) is 4.74 Å². The topological polar surface area (TPSA) is 51.7 Å². The van der Waals surface area contributed by atoms with Crippen molar-refractivity contribution in [1.82, 2.24) is 9.88 Å². The van der Waals surface area contributed by atoms with Crippen LogP contribution >= 0.6 is 11.3 Å². The van der Waals surface area contributed by atoms with Crippen LogP contribution < -0.4 is 4.74 Å². The van der Waals surface area contributed by atoms with Crippen molar-refractivity contribution >= 4 is 17.2 Å². The van der Waals surface area contributed by atoms with Gasteiger partial charge in [0, 0.05) is 19.0 Å². The Morgan fingerprint density at radius 2 is 2.30 bits per heavy atom. The van der Waals surface area contributed by atoms with Gasteiger partial charge in [-0.05, 0) is 38.8 Å². The summed E-state index contributed by atoms with van der Waals surface area (Å²) in [6.07, 6.45) is 2.37. The Kier molecular flexibility index (Phi) is 4.90. The van der Waals surface area contributed by atoms with E-state index in [0.29, 0.717) is 25.3 Å². The molecule has 0 saturated carbocycles. The molecule has 5 nitrogen and oxygen atoms in total. The largest absolute Gasteiger partial charge is 0.488 e. The van der Waals surface area contributed by atoms with E-state index in [1.165, 1.54) is 23.5 Å². The van der Waals surface area contributed by atoms with Gasteiger partial charge in [-0.1, -0.05) is 6.07 Å². The zero-order valence-corrected chi connectivity index (χ0v) is 16.4. The first-order chi connectivity index (χ1) is 12.9. The molecule has 0 radical (unpaired) electrons. The summed E-state index contributed by atoms with van der Waals surface area (Å²) in [5.74, 6) is 0.237. The predicted molar refractivity (Wildman–Crippen MR) is 101 cm³/mol. The summed E-state index contributed by atoms with van der Waals surface area (Å²) in [6, 6.07) is 6.17. The first kappa shape index (κ1) is 18.4. The number of nitrogens with zero attached hydrogens (tertiary/aromatic N) is 2. The molecule has 2 aliphatic rings. The second-order valence-electron chi connectivity index (χ2n) is 7.37. The van der Waals surface area contributed by atoms with Crippen LogP contribution in [0.15, 0.2) is 24.3 Å². The number of likely N-dealkylation sites (tertiary alicyclic amines) is 1. The molecular formula is C20H23FN2O3S. The van der Waals surface area contributed by atoms with Crippen LogP contribution in [0.3, 0.4) is 0 Å². The van der Waals surface area contributed by atoms with Crippen molar-refractivity contribution in [2.24, 2.45) is 0 Å². The lowest BCUT2D eigenvalue weighted by Crippen LogP contribution is -2.50. The number of rotatable bonds is 3. The van der Waals surface area contributed by atoms with Crippen LogP contribution in [0.1, 0.15) is 39.6 Å². The third kappa shape index (κ3) is 3.84. The molecule has 1 amide bonds. The summed E-state index contributed by atoms with van der Waals surface area (Å²) in [5.41, 5.74) is 0.418. The monoisotopic (exact) mass is 390 g/mol. The van der Waals surface area contributed by atoms with E-state index in [0.717, 1.165) is 35.0 Å². The normalized spacial score (nSPS) is 25.1. The molecule has 144 valence electrons. The van der Waals surface area contributed by atoms with Crippen LogP contribution in [0.5, 0.6) is 5.75 Å². The fourth-order valence-electron chi connectivity index (χ4n) is 4.04. The quantitative estimate of drug-likeness (QED) is 0.801. The smallest absolute Gasteiger partial charge is 0.265 e. The highest BCUT2D eigenvalue weighted by molar-refractivity contribution is 7.13. The molecule has 2 atom stereocenters. The minimum absolute atomic E-state index is 0.0373. The van der Waals surface area contributed by atoms with Gasteiger partial charge in [0.15, 0.2) is 0 Å². The number of thiazole rings is 1. The minimum atomic E-state index is -0.375. The average molecular weight is 390 g/mol. The summed E-state index contributed by atoms with van der Waals surface area (Å²) < 4.78 is 25.4. The lowest BCUT2D eigenvalue weighted by Gasteiger charge is -2.39. The number of piperidine rings is 1. The number of hydrogen-bond acceptors (Lipinski definition) is 5. The Balaban J connectivity index is 1.43. The third-order valence-electron chi connectivity index (χ3n) is 5.20. The molecule has 2 saturated heterocycles. The van der Waals surface area contributed by atoms with Gasteiger partial charge in [0.05, 0.1) is 29.5 Å². The molecule has 1 spiro atoms. The van der Waals surface area contributed by atoms with E-state index in [4.69, 9.17) is 9.47 Å². The number of benzene rings is 1. The van der Waals surface area contributed by atoms with Gasteiger partial charge in [0.1, 0.15) is 22.5 Å². The van der Waals surface area contributed by atoms with E-state index in [2.05, 4.69) is 4.98 Å². The van der Waals surface area contributed by atoms with E-state index in [1.54, 1.807) is 12.1 Å². The highest BCUT2D eigenvalue weighted by atomic mass is 32.1. The lowest BCUT2D eigenvalue weighted by molar-refractivity contribution is -0.0452. The summed E-state index contributed by atoms with van der Waals surface area (Å²) >= 11 is 1.45. The standard InChI is InChI=1S/C20H23FN2O3S/c1-13-18(27-14(2)22-13)19(24)23-8-4-7-20(12-23)10-17(11-25-20)26-16-6-3-5-15(21)9-16/h3,5-6,9,17H,4,7-8,10-12H2,1-2H3/t17-,20-/m1/s1. The number of carbonyl (C=O) groups excluding carboxylic acids is 1. The SMILES string of the molecule is Cc1nc(C)c(C(=O)N2CCC[C@@]3(C[C@@H](Oc4cccc(F)c4)CO3)C2)s1. The fraction of sp³-hybridized carbons (Fsp3) is 0.500. The van der Waals surface area contributed by atoms with Gasteiger partial charge in [-0.3, -0.25) is 4.79 Å². The zero-order valence-electron chi connectivity index (χ0n) is 15.5. The highest BCUT2D eigenvalue weighted by Crippen LogP contribution is 2.37. The predicted octanol–water partition coefficient (Wildman–Crippen LogP) is 3.74. The molecule has 2 fully saturated rings. The maximum Gasteiger partial charge on any atom is 0.265 e. The lowest BCUT2D eigenvalue weighted by atomic mass is 9.89. The van der Waals surface area contributed by atoms with Crippen molar-refractivity contribution < 1.29 is 18.7 Å². The Labute approximate surface area is 162 Å². The van der Waals surface area contributed by atoms with Gasteiger partial charge < -0.3 is 14.4 Å². The zero-order chi connectivity index (χ0) is 19.0. The number of hydrogen-bond donors (Lipinski definition) is 0. The number of aryl methyl sites for hydroxylation is 2. The van der Waals surface area contributed by atoms with Crippen molar-refractivity contribution in [3.05, 3.63) is 45.7 Å². The van der Waals surface area contributed by atoms with Crippen LogP contribution in [0.2, 0.25) is 0 Å². The summed E-state index contributed by atoms with van der Waals surface area (Å²) in [7, 11) is 0. The summed E-state index contributed by atoms with van der Waals surface area (Å²) in [5, 5.41) is 0.906. The van der Waals surface area contributed by atoms with Gasteiger partial charge >= 0.3 is 0 Å². The van der Waals surface area contributed by atoms with Crippen LogP contribution in [-0.4, -0.2) is 47.2 Å². The van der Waals surface area contributed by atoms with Gasteiger partial charge in [0.25, 0.3) is 5.91 Å². The van der Waals surface area contributed by atoms with Crippen LogP contribution in [0.25, 0.3) is 0 Å². The van der Waals surface area contributed by atoms with Crippen molar-refractivity contribution in [3.8, 4) is 5.75 Å². The number of ether oxygens (including phenoxy) is 2. The van der Waals surface area contributed by atoms with Crippen LogP contribution in [0.4, 0.5) is 4.39 Å². The Bertz CT molecular complexity index is 856. The number of aromatic nitrogens is 1. The van der Waals surface area contributed by atoms with E-state index >= 15 is 0 Å². The van der Waals surface area contributed by atoms with E-state index in [-0.39, 0.29) is 23.4 Å². The van der Waals surface area contributed by atoms with Crippen LogP contribution in [0, 0.1) is 19.7 Å². The molecule has 1 aromatic heterocycles. The molecule has 27 heavy (non-hydrogen) atoms. The van der Waals surface area contributed by atoms with Crippen molar-refractivity contribution in [2.75, 3.05) is 19.7 Å². The number of amides is 1. The first-order valence-corrected chi connectivity index (χ1v) is 10.1. The second-order valence-corrected chi connectivity index (χ2v) is 8.58. The molecule has 0 aliphatic carbocycles. The molecule has 0 bridgehead atoms. The fourth-order valence-corrected chi connectivity index (χ4v) is 4.93. The van der Waals surface area contributed by atoms with E-state index in [1.807, 2.05) is 18.7 Å². The van der Waals surface area contributed by atoms with Gasteiger partial charge in [-0.15, -0.1) is 11.3 Å². The first-order valence-electron chi connectivity index (χ1n) is 9.24. The summed E-state index contributed by atoms with van der Waals surface area (Å²) in [6.45, 7) is 5.55. The Hall–Kier alpha value is -1.99. The molecule has 3 heterocycles. The number of halogens is 1. The maximum atomic E-state index is 13.4. The van der Waals surface area contributed by atoms with Gasteiger partial charge in [-0.2, -0.15) is 0 Å². The van der Waals surface area contributed by atoms with E-state index < -0.39 is 0 Å². The molecule has 0 unspecified atom stereocenters. The molecular weight excluding hydrogens is 367 g/mol. The molecule has 2 aromatic rings. The van der Waals surface area contributed by atoms with Crippen molar-refractivity contribution in [1.29, 1.82) is 0 Å². The molecule has 0 N–H and O–H groups in total. The third-order valence-corrected chi connectivity index (χ3v) is 6.26. The summed E-state index contributed by atoms with van der Waals surface area (Å²) in [4.78, 5) is 19.9. The number of carbonyl (C=O) groups is 1. The van der Waals surface area contributed by atoms with Crippen molar-refractivity contribution in [3.63, 3.8) is 0 Å².